The number of fused-ring (bicyclic) bond motifs is 1. The van der Waals surface area contributed by atoms with E-state index in [0.717, 1.165) is 16.8 Å². The lowest BCUT2D eigenvalue weighted by Crippen LogP contribution is -2.37. The number of pyridine rings is 1. The van der Waals surface area contributed by atoms with E-state index in [-0.39, 0.29) is 4.90 Å². The van der Waals surface area contributed by atoms with E-state index in [0.29, 0.717) is 23.2 Å². The number of nitrogens with one attached hydrogen (secondary N) is 2. The van der Waals surface area contributed by atoms with Crippen molar-refractivity contribution in [3.8, 4) is 0 Å². The van der Waals surface area contributed by atoms with E-state index < -0.39 is 21.8 Å². The molecule has 4 N–H and O–H groups in total. The van der Waals surface area contributed by atoms with Crippen LogP contribution in [0.1, 0.15) is 32.7 Å². The first kappa shape index (κ1) is 22.1. The van der Waals surface area contributed by atoms with Gasteiger partial charge in [0.15, 0.2) is 0 Å². The fourth-order valence-electron chi connectivity index (χ4n) is 3.31. The first-order chi connectivity index (χ1) is 15.8. The SMILES string of the molecule is NS(=O)(=O)c1ccc(CNC=C2C(=O)NC(=O)c3ccc(C=Cc4ccccn4)cc32)cc1. The molecule has 0 atom stereocenters. The number of sulfonamides is 1. The maximum Gasteiger partial charge on any atom is 0.260 e. The van der Waals surface area contributed by atoms with Crippen LogP contribution >= 0.6 is 0 Å². The fraction of sp³-hybridized carbons (Fsp3) is 0.0417. The summed E-state index contributed by atoms with van der Waals surface area (Å²) in [7, 11) is -3.76. The number of benzene rings is 2. The quantitative estimate of drug-likeness (QED) is 0.382. The highest BCUT2D eigenvalue weighted by Crippen LogP contribution is 2.26. The summed E-state index contributed by atoms with van der Waals surface area (Å²) in [6.45, 7) is 0.338. The Morgan fingerprint density at radius 2 is 1.73 bits per heavy atom. The minimum absolute atomic E-state index is 0.0231. The standard InChI is InChI=1S/C24H20N4O4S/c25-33(31,32)19-9-5-17(6-10-19)14-26-15-22-21-13-16(4-8-18-3-1-2-12-27-18)7-11-20(21)23(29)28-24(22)30/h1-13,15,26H,14H2,(H2,25,31,32)(H,28,29,30). The Kier molecular flexibility index (Phi) is 6.16. The maximum absolute atomic E-state index is 12.5. The van der Waals surface area contributed by atoms with Crippen molar-refractivity contribution in [1.82, 2.24) is 15.6 Å². The van der Waals surface area contributed by atoms with E-state index in [1.807, 2.05) is 30.4 Å². The van der Waals surface area contributed by atoms with Crippen molar-refractivity contribution < 1.29 is 18.0 Å². The van der Waals surface area contributed by atoms with Crippen molar-refractivity contribution in [2.24, 2.45) is 5.14 Å². The van der Waals surface area contributed by atoms with Gasteiger partial charge in [-0.15, -0.1) is 0 Å². The Labute approximate surface area is 190 Å². The Morgan fingerprint density at radius 1 is 0.939 bits per heavy atom. The summed E-state index contributed by atoms with van der Waals surface area (Å²) < 4.78 is 22.7. The van der Waals surface area contributed by atoms with Crippen molar-refractivity contribution in [3.05, 3.63) is 101 Å². The lowest BCUT2D eigenvalue weighted by atomic mass is 9.93. The molecule has 8 nitrogen and oxygen atoms in total. The molecular weight excluding hydrogens is 440 g/mol. The van der Waals surface area contributed by atoms with Gasteiger partial charge in [0.05, 0.1) is 16.2 Å². The largest absolute Gasteiger partial charge is 0.386 e. The number of aromatic nitrogens is 1. The van der Waals surface area contributed by atoms with Gasteiger partial charge in [0, 0.05) is 30.1 Å². The van der Waals surface area contributed by atoms with Crippen LogP contribution in [0.3, 0.4) is 0 Å². The second-order valence-electron chi connectivity index (χ2n) is 7.30. The van der Waals surface area contributed by atoms with Crippen molar-refractivity contribution in [3.63, 3.8) is 0 Å². The molecule has 0 radical (unpaired) electrons. The molecule has 0 unspecified atom stereocenters. The zero-order valence-electron chi connectivity index (χ0n) is 17.4. The summed E-state index contributed by atoms with van der Waals surface area (Å²) in [5.41, 5.74) is 3.62. The maximum atomic E-state index is 12.5. The number of primary sulfonamides is 1. The molecule has 2 aromatic carbocycles. The van der Waals surface area contributed by atoms with E-state index in [1.54, 1.807) is 42.7 Å². The number of nitrogens with two attached hydrogens (primary N) is 1. The van der Waals surface area contributed by atoms with Crippen LogP contribution in [-0.2, 0) is 21.4 Å². The van der Waals surface area contributed by atoms with Gasteiger partial charge in [-0.2, -0.15) is 0 Å². The Morgan fingerprint density at radius 3 is 2.42 bits per heavy atom. The van der Waals surface area contributed by atoms with Gasteiger partial charge in [-0.25, -0.2) is 13.6 Å². The molecular formula is C24H20N4O4S. The molecule has 0 saturated carbocycles. The lowest BCUT2D eigenvalue weighted by molar-refractivity contribution is -0.114. The van der Waals surface area contributed by atoms with Crippen LogP contribution in [0.25, 0.3) is 17.7 Å². The zero-order valence-corrected chi connectivity index (χ0v) is 18.2. The highest BCUT2D eigenvalue weighted by molar-refractivity contribution is 7.89. The third-order valence-electron chi connectivity index (χ3n) is 4.99. The highest BCUT2D eigenvalue weighted by Gasteiger charge is 2.27. The molecule has 166 valence electrons. The van der Waals surface area contributed by atoms with E-state index >= 15 is 0 Å². The molecule has 3 aromatic rings. The normalized spacial score (nSPS) is 14.9. The highest BCUT2D eigenvalue weighted by atomic mass is 32.2. The molecule has 0 aliphatic carbocycles. The molecule has 0 saturated heterocycles. The molecule has 1 aromatic heterocycles. The summed E-state index contributed by atoms with van der Waals surface area (Å²) in [5.74, 6) is -0.957. The van der Waals surface area contributed by atoms with Gasteiger partial charge in [-0.1, -0.05) is 30.3 Å². The van der Waals surface area contributed by atoms with E-state index in [1.165, 1.54) is 12.1 Å². The molecule has 0 bridgehead atoms. The summed E-state index contributed by atoms with van der Waals surface area (Å²) in [4.78, 5) is 29.0. The van der Waals surface area contributed by atoms with Gasteiger partial charge < -0.3 is 5.32 Å². The monoisotopic (exact) mass is 460 g/mol. The molecule has 1 aliphatic heterocycles. The number of amides is 2. The molecule has 2 heterocycles. The molecule has 33 heavy (non-hydrogen) atoms. The van der Waals surface area contributed by atoms with E-state index in [4.69, 9.17) is 5.14 Å². The number of nitrogens with zero attached hydrogens (tertiary/aromatic N) is 1. The topological polar surface area (TPSA) is 131 Å². The third kappa shape index (κ3) is 5.22. The Hall–Kier alpha value is -4.08. The van der Waals surface area contributed by atoms with Crippen molar-refractivity contribution in [1.29, 1.82) is 0 Å². The first-order valence-electron chi connectivity index (χ1n) is 9.96. The van der Waals surface area contributed by atoms with Crippen molar-refractivity contribution >= 4 is 39.6 Å². The van der Waals surface area contributed by atoms with E-state index in [2.05, 4.69) is 15.6 Å². The number of carbonyl (C=O) groups excluding carboxylic acids is 2. The van der Waals surface area contributed by atoms with Crippen molar-refractivity contribution in [2.45, 2.75) is 11.4 Å². The van der Waals surface area contributed by atoms with Crippen LogP contribution in [-0.4, -0.2) is 25.2 Å². The Bertz CT molecular complexity index is 1380. The van der Waals surface area contributed by atoms with Gasteiger partial charge in [-0.05, 0) is 53.6 Å². The van der Waals surface area contributed by atoms with E-state index in [9.17, 15) is 18.0 Å². The van der Waals surface area contributed by atoms with Crippen LogP contribution in [0.5, 0.6) is 0 Å². The second-order valence-corrected chi connectivity index (χ2v) is 8.87. The van der Waals surface area contributed by atoms with Crippen LogP contribution in [0.4, 0.5) is 0 Å². The zero-order chi connectivity index (χ0) is 23.4. The van der Waals surface area contributed by atoms with Gasteiger partial charge in [0.2, 0.25) is 10.0 Å². The van der Waals surface area contributed by atoms with Crippen LogP contribution < -0.4 is 15.8 Å². The van der Waals surface area contributed by atoms with Crippen LogP contribution in [0.15, 0.2) is 78.0 Å². The number of hydrogen-bond donors (Lipinski definition) is 3. The average Bonchev–Trinajstić information content (AvgIpc) is 2.80. The number of carbonyl (C=O) groups is 2. The fourth-order valence-corrected chi connectivity index (χ4v) is 3.83. The smallest absolute Gasteiger partial charge is 0.260 e. The number of imide groups is 1. The lowest BCUT2D eigenvalue weighted by Gasteiger charge is -2.19. The van der Waals surface area contributed by atoms with Gasteiger partial charge in [-0.3, -0.25) is 19.9 Å². The van der Waals surface area contributed by atoms with Gasteiger partial charge in [0.25, 0.3) is 11.8 Å². The minimum atomic E-state index is -3.76. The molecule has 1 aliphatic rings. The predicted molar refractivity (Wildman–Crippen MR) is 125 cm³/mol. The minimum Gasteiger partial charge on any atom is -0.386 e. The predicted octanol–water partition coefficient (Wildman–Crippen LogP) is 2.30. The Balaban J connectivity index is 1.56. The third-order valence-corrected chi connectivity index (χ3v) is 5.92. The summed E-state index contributed by atoms with van der Waals surface area (Å²) in [5, 5.41) is 10.5. The molecule has 4 rings (SSSR count). The molecule has 9 heteroatoms. The second kappa shape index (κ2) is 9.19. The molecule has 0 spiro atoms. The van der Waals surface area contributed by atoms with Crippen molar-refractivity contribution in [2.75, 3.05) is 0 Å². The van der Waals surface area contributed by atoms with Gasteiger partial charge >= 0.3 is 0 Å². The number of hydrogen-bond acceptors (Lipinski definition) is 6. The molecule has 2 amide bonds. The summed E-state index contributed by atoms with van der Waals surface area (Å²) in [6, 6.07) is 16.9. The first-order valence-corrected chi connectivity index (χ1v) is 11.5. The van der Waals surface area contributed by atoms with Crippen LogP contribution in [0, 0.1) is 0 Å². The summed E-state index contributed by atoms with van der Waals surface area (Å²) >= 11 is 0. The summed E-state index contributed by atoms with van der Waals surface area (Å²) in [6.07, 6.45) is 6.95. The van der Waals surface area contributed by atoms with Crippen LogP contribution in [0.2, 0.25) is 0 Å². The average molecular weight is 461 g/mol. The molecule has 0 fully saturated rings. The van der Waals surface area contributed by atoms with Gasteiger partial charge in [0.1, 0.15) is 0 Å². The number of rotatable bonds is 6.